The third-order valence-corrected chi connectivity index (χ3v) is 3.51. The highest BCUT2D eigenvalue weighted by atomic mass is 35.5. The Hall–Kier alpha value is -1.22. The summed E-state index contributed by atoms with van der Waals surface area (Å²) >= 11 is 17.8. The van der Waals surface area contributed by atoms with Gasteiger partial charge in [-0.25, -0.2) is 4.79 Å². The summed E-state index contributed by atoms with van der Waals surface area (Å²) < 4.78 is 0. The van der Waals surface area contributed by atoms with Crippen LogP contribution >= 0.6 is 34.8 Å². The fourth-order valence-electron chi connectivity index (χ4n) is 1.54. The molecule has 92 valence electrons. The first-order valence-electron chi connectivity index (χ1n) is 4.97. The van der Waals surface area contributed by atoms with Crippen LogP contribution in [0.3, 0.4) is 0 Å². The molecule has 0 atom stereocenters. The maximum Gasteiger partial charge on any atom is 0.335 e. The van der Waals surface area contributed by atoms with Crippen molar-refractivity contribution in [2.75, 3.05) is 0 Å². The van der Waals surface area contributed by atoms with Crippen LogP contribution in [-0.2, 0) is 0 Å². The van der Waals surface area contributed by atoms with Crippen molar-refractivity contribution in [1.29, 1.82) is 0 Å². The van der Waals surface area contributed by atoms with E-state index in [2.05, 4.69) is 0 Å². The average Bonchev–Trinajstić information content (AvgIpc) is 2.33. The van der Waals surface area contributed by atoms with Crippen LogP contribution in [0.1, 0.15) is 10.4 Å². The molecule has 0 amide bonds. The van der Waals surface area contributed by atoms with Gasteiger partial charge in [0.05, 0.1) is 15.6 Å². The molecule has 2 aromatic carbocycles. The molecule has 0 saturated carbocycles. The highest BCUT2D eigenvalue weighted by molar-refractivity contribution is 6.42. The number of benzene rings is 2. The van der Waals surface area contributed by atoms with E-state index in [-0.39, 0.29) is 5.56 Å². The standard InChI is InChI=1S/C13H7Cl3O2/c14-10-3-2-8(13(17)18)5-9(10)7-1-4-11(15)12(16)6-7/h1-6H,(H,17,18). The van der Waals surface area contributed by atoms with E-state index in [1.165, 1.54) is 12.1 Å². The van der Waals surface area contributed by atoms with Crippen LogP contribution in [0, 0.1) is 0 Å². The maximum absolute atomic E-state index is 10.9. The van der Waals surface area contributed by atoms with E-state index < -0.39 is 5.97 Å². The van der Waals surface area contributed by atoms with Crippen molar-refractivity contribution in [2.45, 2.75) is 0 Å². The lowest BCUT2D eigenvalue weighted by Gasteiger charge is -2.07. The molecule has 2 aromatic rings. The van der Waals surface area contributed by atoms with E-state index in [1.54, 1.807) is 24.3 Å². The highest BCUT2D eigenvalue weighted by Crippen LogP contribution is 2.33. The Morgan fingerprint density at radius 2 is 1.56 bits per heavy atom. The zero-order chi connectivity index (χ0) is 13.3. The van der Waals surface area contributed by atoms with E-state index in [1.807, 2.05) is 0 Å². The Kier molecular flexibility index (Phi) is 3.81. The second-order valence-electron chi connectivity index (χ2n) is 3.63. The predicted molar refractivity (Wildman–Crippen MR) is 73.9 cm³/mol. The molecule has 0 aliphatic rings. The summed E-state index contributed by atoms with van der Waals surface area (Å²) in [6.07, 6.45) is 0. The summed E-state index contributed by atoms with van der Waals surface area (Å²) in [6, 6.07) is 9.53. The van der Waals surface area contributed by atoms with Crippen molar-refractivity contribution in [1.82, 2.24) is 0 Å². The molecule has 0 aromatic heterocycles. The van der Waals surface area contributed by atoms with Crippen molar-refractivity contribution in [2.24, 2.45) is 0 Å². The van der Waals surface area contributed by atoms with Crippen LogP contribution in [0.5, 0.6) is 0 Å². The number of aromatic carboxylic acids is 1. The number of carboxylic acids is 1. The molecule has 0 radical (unpaired) electrons. The minimum atomic E-state index is -1.01. The van der Waals surface area contributed by atoms with Crippen LogP contribution in [0.15, 0.2) is 36.4 Å². The number of hydrogen-bond donors (Lipinski definition) is 1. The van der Waals surface area contributed by atoms with Gasteiger partial charge in [-0.2, -0.15) is 0 Å². The van der Waals surface area contributed by atoms with Crippen LogP contribution in [0.2, 0.25) is 15.1 Å². The molecule has 0 aliphatic carbocycles. The zero-order valence-corrected chi connectivity index (χ0v) is 11.2. The van der Waals surface area contributed by atoms with E-state index in [4.69, 9.17) is 39.9 Å². The summed E-state index contributed by atoms with van der Waals surface area (Å²) in [5.41, 5.74) is 1.49. The summed E-state index contributed by atoms with van der Waals surface area (Å²) in [5, 5.41) is 10.2. The van der Waals surface area contributed by atoms with Gasteiger partial charge in [0.1, 0.15) is 0 Å². The number of hydrogen-bond acceptors (Lipinski definition) is 1. The van der Waals surface area contributed by atoms with Gasteiger partial charge in [-0.05, 0) is 35.9 Å². The maximum atomic E-state index is 10.9. The minimum absolute atomic E-state index is 0.167. The number of rotatable bonds is 2. The Morgan fingerprint density at radius 3 is 2.17 bits per heavy atom. The van der Waals surface area contributed by atoms with Crippen LogP contribution in [0.4, 0.5) is 0 Å². The Balaban J connectivity index is 2.58. The van der Waals surface area contributed by atoms with Gasteiger partial charge < -0.3 is 5.11 Å². The molecular formula is C13H7Cl3O2. The lowest BCUT2D eigenvalue weighted by atomic mass is 10.0. The second-order valence-corrected chi connectivity index (χ2v) is 4.85. The molecule has 0 spiro atoms. The van der Waals surface area contributed by atoms with Crippen molar-refractivity contribution in [3.63, 3.8) is 0 Å². The van der Waals surface area contributed by atoms with Crippen LogP contribution < -0.4 is 0 Å². The first kappa shape index (κ1) is 13.2. The predicted octanol–water partition coefficient (Wildman–Crippen LogP) is 5.01. The third kappa shape index (κ3) is 2.61. The smallest absolute Gasteiger partial charge is 0.335 e. The molecule has 5 heteroatoms. The molecule has 0 saturated heterocycles. The number of carbonyl (C=O) groups is 1. The van der Waals surface area contributed by atoms with Crippen LogP contribution in [0.25, 0.3) is 11.1 Å². The van der Waals surface area contributed by atoms with Gasteiger partial charge in [0.25, 0.3) is 0 Å². The zero-order valence-electron chi connectivity index (χ0n) is 8.95. The molecule has 2 rings (SSSR count). The lowest BCUT2D eigenvalue weighted by Crippen LogP contribution is -1.96. The van der Waals surface area contributed by atoms with Crippen molar-refractivity contribution < 1.29 is 9.90 Å². The van der Waals surface area contributed by atoms with E-state index in [0.29, 0.717) is 20.6 Å². The first-order chi connectivity index (χ1) is 8.49. The van der Waals surface area contributed by atoms with Gasteiger partial charge in [0.2, 0.25) is 0 Å². The third-order valence-electron chi connectivity index (χ3n) is 2.44. The number of halogens is 3. The van der Waals surface area contributed by atoms with Crippen molar-refractivity contribution >= 4 is 40.8 Å². The van der Waals surface area contributed by atoms with Gasteiger partial charge in [-0.15, -0.1) is 0 Å². The molecule has 0 aliphatic heterocycles. The molecule has 0 fully saturated rings. The number of carboxylic acid groups (broad SMARTS) is 1. The van der Waals surface area contributed by atoms with Gasteiger partial charge in [-0.3, -0.25) is 0 Å². The van der Waals surface area contributed by atoms with Gasteiger partial charge in [0, 0.05) is 10.6 Å². The Morgan fingerprint density at radius 1 is 0.889 bits per heavy atom. The molecule has 1 N–H and O–H groups in total. The van der Waals surface area contributed by atoms with Crippen molar-refractivity contribution in [3.8, 4) is 11.1 Å². The van der Waals surface area contributed by atoms with E-state index in [0.717, 1.165) is 5.56 Å². The Bertz CT molecular complexity index is 624. The highest BCUT2D eigenvalue weighted by Gasteiger charge is 2.10. The summed E-state index contributed by atoms with van der Waals surface area (Å²) in [4.78, 5) is 10.9. The Labute approximate surface area is 119 Å². The minimum Gasteiger partial charge on any atom is -0.478 e. The van der Waals surface area contributed by atoms with Gasteiger partial charge >= 0.3 is 5.97 Å². The monoisotopic (exact) mass is 300 g/mol. The summed E-state index contributed by atoms with van der Waals surface area (Å²) in [6.45, 7) is 0. The molecule has 0 unspecified atom stereocenters. The molecule has 2 nitrogen and oxygen atoms in total. The second kappa shape index (κ2) is 5.19. The fourth-order valence-corrected chi connectivity index (χ4v) is 2.07. The fraction of sp³-hybridized carbons (Fsp3) is 0. The molecule has 0 heterocycles. The quantitative estimate of drug-likeness (QED) is 0.846. The van der Waals surface area contributed by atoms with Crippen molar-refractivity contribution in [3.05, 3.63) is 57.0 Å². The molecule has 0 bridgehead atoms. The molecular weight excluding hydrogens is 294 g/mol. The van der Waals surface area contributed by atoms with E-state index in [9.17, 15) is 4.79 Å². The normalized spacial score (nSPS) is 10.4. The topological polar surface area (TPSA) is 37.3 Å². The average molecular weight is 302 g/mol. The van der Waals surface area contributed by atoms with Crippen LogP contribution in [-0.4, -0.2) is 11.1 Å². The van der Waals surface area contributed by atoms with Gasteiger partial charge in [-0.1, -0.05) is 40.9 Å². The first-order valence-corrected chi connectivity index (χ1v) is 6.10. The summed E-state index contributed by atoms with van der Waals surface area (Å²) in [7, 11) is 0. The molecule has 18 heavy (non-hydrogen) atoms. The largest absolute Gasteiger partial charge is 0.478 e. The SMILES string of the molecule is O=C(O)c1ccc(Cl)c(-c2ccc(Cl)c(Cl)c2)c1. The van der Waals surface area contributed by atoms with Gasteiger partial charge in [0.15, 0.2) is 0 Å². The summed E-state index contributed by atoms with van der Waals surface area (Å²) in [5.74, 6) is -1.01. The lowest BCUT2D eigenvalue weighted by molar-refractivity contribution is 0.0697. The van der Waals surface area contributed by atoms with E-state index >= 15 is 0 Å².